The molecule has 0 bridgehead atoms. The van der Waals surface area contributed by atoms with Crippen molar-refractivity contribution in [2.75, 3.05) is 4.90 Å². The van der Waals surface area contributed by atoms with Crippen LogP contribution in [0.1, 0.15) is 49.7 Å². The van der Waals surface area contributed by atoms with Crippen LogP contribution >= 0.6 is 0 Å². The van der Waals surface area contributed by atoms with E-state index in [-0.39, 0.29) is 11.4 Å². The predicted octanol–water partition coefficient (Wildman–Crippen LogP) is 4.68. The maximum Gasteiger partial charge on any atom is 0.416 e. The SMILES string of the molecule is CC(c1ccc(F)cc1)N(C(=O)OC(C)(C)C)c1ccc(C=O)c(F)n1. The van der Waals surface area contributed by atoms with Crippen molar-refractivity contribution in [2.24, 2.45) is 0 Å². The number of hydrogen-bond donors (Lipinski definition) is 0. The summed E-state index contributed by atoms with van der Waals surface area (Å²) in [6.45, 7) is 6.80. The quantitative estimate of drug-likeness (QED) is 0.585. The van der Waals surface area contributed by atoms with Crippen LogP contribution in [-0.4, -0.2) is 23.0 Å². The second-order valence-electron chi connectivity index (χ2n) is 6.75. The fourth-order valence-electron chi connectivity index (χ4n) is 2.31. The van der Waals surface area contributed by atoms with Crippen molar-refractivity contribution in [3.8, 4) is 0 Å². The number of anilines is 1. The van der Waals surface area contributed by atoms with Crippen LogP contribution in [0.15, 0.2) is 36.4 Å². The average molecular weight is 362 g/mol. The molecule has 0 saturated heterocycles. The predicted molar refractivity (Wildman–Crippen MR) is 93.1 cm³/mol. The number of hydrogen-bond acceptors (Lipinski definition) is 4. The molecule has 2 aromatic rings. The number of aromatic nitrogens is 1. The van der Waals surface area contributed by atoms with Gasteiger partial charge in [0.2, 0.25) is 5.95 Å². The van der Waals surface area contributed by atoms with Gasteiger partial charge in [-0.15, -0.1) is 0 Å². The zero-order valence-corrected chi connectivity index (χ0v) is 15.0. The van der Waals surface area contributed by atoms with Crippen molar-refractivity contribution in [3.63, 3.8) is 0 Å². The van der Waals surface area contributed by atoms with E-state index >= 15 is 0 Å². The molecule has 5 nitrogen and oxygen atoms in total. The maximum atomic E-state index is 14.0. The van der Waals surface area contributed by atoms with Crippen LogP contribution in [0.25, 0.3) is 0 Å². The molecule has 0 spiro atoms. The minimum Gasteiger partial charge on any atom is -0.443 e. The molecule has 26 heavy (non-hydrogen) atoms. The molecule has 0 fully saturated rings. The topological polar surface area (TPSA) is 59.5 Å². The molecule has 1 atom stereocenters. The van der Waals surface area contributed by atoms with E-state index in [0.29, 0.717) is 11.8 Å². The van der Waals surface area contributed by atoms with Crippen molar-refractivity contribution in [3.05, 3.63) is 59.3 Å². The lowest BCUT2D eigenvalue weighted by Crippen LogP contribution is -2.39. The van der Waals surface area contributed by atoms with Crippen molar-refractivity contribution < 1.29 is 23.1 Å². The summed E-state index contributed by atoms with van der Waals surface area (Å²) in [5.74, 6) is -1.42. The van der Waals surface area contributed by atoms with Crippen LogP contribution in [0.3, 0.4) is 0 Å². The number of benzene rings is 1. The molecule has 0 radical (unpaired) electrons. The Morgan fingerprint density at radius 1 is 1.15 bits per heavy atom. The van der Waals surface area contributed by atoms with Gasteiger partial charge in [-0.05, 0) is 57.5 Å². The van der Waals surface area contributed by atoms with E-state index in [4.69, 9.17) is 4.74 Å². The molecule has 0 saturated carbocycles. The third-order valence-electron chi connectivity index (χ3n) is 3.57. The van der Waals surface area contributed by atoms with Crippen LogP contribution in [0.5, 0.6) is 0 Å². The number of ether oxygens (including phenoxy) is 1. The number of nitrogens with zero attached hydrogens (tertiary/aromatic N) is 2. The van der Waals surface area contributed by atoms with Gasteiger partial charge in [0, 0.05) is 0 Å². The lowest BCUT2D eigenvalue weighted by molar-refractivity contribution is 0.0566. The minimum atomic E-state index is -0.989. The van der Waals surface area contributed by atoms with Crippen LogP contribution < -0.4 is 4.90 Å². The largest absolute Gasteiger partial charge is 0.443 e. The Bertz CT molecular complexity index is 801. The number of carbonyl (C=O) groups excluding carboxylic acids is 2. The molecule has 0 N–H and O–H groups in total. The fourth-order valence-corrected chi connectivity index (χ4v) is 2.31. The Balaban J connectivity index is 2.47. The summed E-state index contributed by atoms with van der Waals surface area (Å²) in [4.78, 5) is 28.4. The van der Waals surface area contributed by atoms with E-state index in [9.17, 15) is 18.4 Å². The second-order valence-corrected chi connectivity index (χ2v) is 6.75. The summed E-state index contributed by atoms with van der Waals surface area (Å²) < 4.78 is 32.5. The van der Waals surface area contributed by atoms with Crippen LogP contribution in [0, 0.1) is 11.8 Å². The van der Waals surface area contributed by atoms with E-state index in [1.54, 1.807) is 27.7 Å². The third kappa shape index (κ3) is 4.62. The first-order chi connectivity index (χ1) is 12.1. The van der Waals surface area contributed by atoms with Gasteiger partial charge in [-0.1, -0.05) is 12.1 Å². The number of carbonyl (C=O) groups is 2. The maximum absolute atomic E-state index is 14.0. The van der Waals surface area contributed by atoms with Gasteiger partial charge in [-0.3, -0.25) is 9.69 Å². The molecule has 0 aliphatic heterocycles. The molecule has 1 heterocycles. The molecule has 1 amide bonds. The average Bonchev–Trinajstić information content (AvgIpc) is 2.54. The number of aldehydes is 1. The zero-order valence-electron chi connectivity index (χ0n) is 15.0. The van der Waals surface area contributed by atoms with Crippen molar-refractivity contribution in [2.45, 2.75) is 39.3 Å². The number of pyridine rings is 1. The van der Waals surface area contributed by atoms with Gasteiger partial charge in [-0.25, -0.2) is 14.2 Å². The summed E-state index contributed by atoms with van der Waals surface area (Å²) in [5, 5.41) is 0. The summed E-state index contributed by atoms with van der Waals surface area (Å²) in [7, 11) is 0. The van der Waals surface area contributed by atoms with Gasteiger partial charge in [0.15, 0.2) is 6.29 Å². The number of rotatable bonds is 4. The molecule has 0 aliphatic carbocycles. The molecule has 2 rings (SSSR count). The summed E-state index contributed by atoms with van der Waals surface area (Å²) in [6, 6.07) is 7.56. The van der Waals surface area contributed by atoms with E-state index in [1.807, 2.05) is 0 Å². The minimum absolute atomic E-state index is 0.0147. The van der Waals surface area contributed by atoms with E-state index in [1.165, 1.54) is 36.4 Å². The van der Waals surface area contributed by atoms with Crippen molar-refractivity contribution in [1.82, 2.24) is 4.98 Å². The highest BCUT2D eigenvalue weighted by Gasteiger charge is 2.30. The highest BCUT2D eigenvalue weighted by atomic mass is 19.1. The summed E-state index contributed by atoms with van der Waals surface area (Å²) in [6.07, 6.45) is -0.395. The Morgan fingerprint density at radius 3 is 2.27 bits per heavy atom. The summed E-state index contributed by atoms with van der Waals surface area (Å²) in [5.41, 5.74) is -0.384. The smallest absolute Gasteiger partial charge is 0.416 e. The monoisotopic (exact) mass is 362 g/mol. The van der Waals surface area contributed by atoms with Gasteiger partial charge in [0.1, 0.15) is 17.2 Å². The van der Waals surface area contributed by atoms with Gasteiger partial charge < -0.3 is 4.74 Å². The zero-order chi connectivity index (χ0) is 19.5. The first-order valence-corrected chi connectivity index (χ1v) is 8.02. The molecular weight excluding hydrogens is 342 g/mol. The van der Waals surface area contributed by atoms with Crippen molar-refractivity contribution >= 4 is 18.2 Å². The molecule has 1 aromatic carbocycles. The van der Waals surface area contributed by atoms with Crippen LogP contribution in [-0.2, 0) is 4.74 Å². The summed E-state index contributed by atoms with van der Waals surface area (Å²) >= 11 is 0. The van der Waals surface area contributed by atoms with Gasteiger partial charge >= 0.3 is 6.09 Å². The third-order valence-corrected chi connectivity index (χ3v) is 3.57. The highest BCUT2D eigenvalue weighted by molar-refractivity contribution is 5.88. The van der Waals surface area contributed by atoms with Crippen LogP contribution in [0.2, 0.25) is 0 Å². The number of halogens is 2. The first kappa shape index (κ1) is 19.5. The number of amides is 1. The highest BCUT2D eigenvalue weighted by Crippen LogP contribution is 2.28. The molecule has 1 aromatic heterocycles. The molecule has 0 aliphatic rings. The standard InChI is InChI=1S/C19H20F2N2O3/c1-12(13-5-8-15(20)9-6-13)23(18(25)26-19(2,3)4)16-10-7-14(11-24)17(21)22-16/h5-12H,1-4H3. The van der Waals surface area contributed by atoms with E-state index in [2.05, 4.69) is 4.98 Å². The van der Waals surface area contributed by atoms with Crippen LogP contribution in [0.4, 0.5) is 19.4 Å². The molecule has 138 valence electrons. The first-order valence-electron chi connectivity index (χ1n) is 8.02. The van der Waals surface area contributed by atoms with E-state index in [0.717, 1.165) is 4.90 Å². The normalized spacial score (nSPS) is 12.4. The molecule has 7 heteroatoms. The van der Waals surface area contributed by atoms with Gasteiger partial charge in [0.25, 0.3) is 0 Å². The Labute approximate surface area is 150 Å². The molecule has 1 unspecified atom stereocenters. The fraction of sp³-hybridized carbons (Fsp3) is 0.316. The Hall–Kier alpha value is -2.83. The lowest BCUT2D eigenvalue weighted by atomic mass is 10.1. The van der Waals surface area contributed by atoms with E-state index < -0.39 is 29.5 Å². The Morgan fingerprint density at radius 2 is 1.77 bits per heavy atom. The van der Waals surface area contributed by atoms with Gasteiger partial charge in [-0.2, -0.15) is 4.39 Å². The lowest BCUT2D eigenvalue weighted by Gasteiger charge is -2.31. The second kappa shape index (κ2) is 7.59. The van der Waals surface area contributed by atoms with Crippen molar-refractivity contribution in [1.29, 1.82) is 0 Å². The Kier molecular flexibility index (Phi) is 5.69. The molecular formula is C19H20F2N2O3. The van der Waals surface area contributed by atoms with Gasteiger partial charge in [0.05, 0.1) is 11.6 Å².